The molecule has 1 aromatic rings. The second-order valence-corrected chi connectivity index (χ2v) is 3.31. The molecular weight excluding hydrogens is 232 g/mol. The van der Waals surface area contributed by atoms with Gasteiger partial charge in [0, 0.05) is 5.88 Å². The van der Waals surface area contributed by atoms with Crippen molar-refractivity contribution >= 4 is 17.7 Å². The fraction of sp³-hybridized carbons (Fsp3) is 0.300. The van der Waals surface area contributed by atoms with Crippen LogP contribution in [0.25, 0.3) is 0 Å². The fourth-order valence-corrected chi connectivity index (χ4v) is 1.20. The molecule has 1 rings (SSSR count). The molecule has 0 atom stereocenters. The molecule has 0 saturated heterocycles. The molecule has 0 aliphatic rings. The Balaban J connectivity index is 2.42. The number of nitrogens with zero attached hydrogens (tertiary/aromatic N) is 2. The van der Waals surface area contributed by atoms with Crippen LogP contribution in [0.15, 0.2) is 35.6 Å². The van der Waals surface area contributed by atoms with Gasteiger partial charge >= 0.3 is 6.09 Å². The maximum Gasteiger partial charge on any atom is 0.433 e. The molecule has 0 spiro atoms. The molecule has 5 nitrogen and oxygen atoms in total. The second-order valence-electron chi connectivity index (χ2n) is 2.93. The minimum atomic E-state index is -0.792. The lowest BCUT2D eigenvalue weighted by Gasteiger charge is -2.11. The van der Waals surface area contributed by atoms with Crippen molar-refractivity contribution in [3.63, 3.8) is 0 Å². The van der Waals surface area contributed by atoms with Crippen molar-refractivity contribution in [3.05, 3.63) is 40.8 Å². The molecule has 0 N–H and O–H groups in total. The van der Waals surface area contributed by atoms with Crippen molar-refractivity contribution in [2.24, 2.45) is 5.29 Å². The van der Waals surface area contributed by atoms with Crippen LogP contribution in [0, 0.1) is 4.91 Å². The number of ether oxygens (including phenoxy) is 1. The molecule has 16 heavy (non-hydrogen) atoms. The highest BCUT2D eigenvalue weighted by atomic mass is 35.5. The van der Waals surface area contributed by atoms with E-state index < -0.39 is 6.09 Å². The number of hydrogen-bond acceptors (Lipinski definition) is 4. The number of rotatable bonds is 5. The third-order valence-corrected chi connectivity index (χ3v) is 1.98. The van der Waals surface area contributed by atoms with Crippen molar-refractivity contribution in [1.82, 2.24) is 5.01 Å². The molecule has 6 heteroatoms. The van der Waals surface area contributed by atoms with Crippen LogP contribution in [0.3, 0.4) is 0 Å². The molecule has 0 bridgehead atoms. The lowest BCUT2D eigenvalue weighted by atomic mass is 10.2. The van der Waals surface area contributed by atoms with Crippen molar-refractivity contribution in [2.45, 2.75) is 6.61 Å². The lowest BCUT2D eigenvalue weighted by molar-refractivity contribution is 0.0988. The summed E-state index contributed by atoms with van der Waals surface area (Å²) in [5.74, 6) is 0.131. The largest absolute Gasteiger partial charge is 0.443 e. The van der Waals surface area contributed by atoms with Crippen molar-refractivity contribution in [1.29, 1.82) is 0 Å². The normalized spacial score (nSPS) is 9.56. The smallest absolute Gasteiger partial charge is 0.433 e. The van der Waals surface area contributed by atoms with Gasteiger partial charge in [-0.05, 0) is 5.56 Å². The standard InChI is InChI=1S/C10H11ClN2O3/c11-6-7-13(12-15)10(14)16-8-9-4-2-1-3-5-9/h1-5H,6-8H2. The Labute approximate surface area is 97.9 Å². The Kier molecular flexibility index (Phi) is 5.28. The van der Waals surface area contributed by atoms with E-state index in [2.05, 4.69) is 5.29 Å². The Morgan fingerprint density at radius 1 is 1.38 bits per heavy atom. The van der Waals surface area contributed by atoms with E-state index in [0.717, 1.165) is 5.56 Å². The van der Waals surface area contributed by atoms with E-state index in [1.54, 1.807) is 0 Å². The Bertz CT molecular complexity index is 345. The van der Waals surface area contributed by atoms with E-state index >= 15 is 0 Å². The minimum absolute atomic E-state index is 0.0404. The zero-order chi connectivity index (χ0) is 11.8. The molecule has 0 fully saturated rings. The summed E-state index contributed by atoms with van der Waals surface area (Å²) in [5.41, 5.74) is 0.840. The van der Waals surface area contributed by atoms with Gasteiger partial charge in [-0.3, -0.25) is 0 Å². The summed E-state index contributed by atoms with van der Waals surface area (Å²) in [6.07, 6.45) is -0.792. The van der Waals surface area contributed by atoms with Gasteiger partial charge in [0.2, 0.25) is 0 Å². The second kappa shape index (κ2) is 6.79. The number of nitroso groups, excluding NO2 is 1. The van der Waals surface area contributed by atoms with E-state index in [-0.39, 0.29) is 19.0 Å². The van der Waals surface area contributed by atoms with Crippen molar-refractivity contribution in [3.8, 4) is 0 Å². The zero-order valence-electron chi connectivity index (χ0n) is 8.51. The van der Waals surface area contributed by atoms with E-state index in [1.807, 2.05) is 30.3 Å². The predicted molar refractivity (Wildman–Crippen MR) is 59.8 cm³/mol. The molecule has 0 aliphatic carbocycles. The van der Waals surface area contributed by atoms with Crippen molar-refractivity contribution in [2.75, 3.05) is 12.4 Å². The molecule has 86 valence electrons. The van der Waals surface area contributed by atoms with E-state index in [1.165, 1.54) is 0 Å². The van der Waals surface area contributed by atoms with E-state index in [4.69, 9.17) is 16.3 Å². The zero-order valence-corrected chi connectivity index (χ0v) is 9.26. The van der Waals surface area contributed by atoms with E-state index in [9.17, 15) is 9.70 Å². The lowest BCUT2D eigenvalue weighted by Crippen LogP contribution is -2.27. The van der Waals surface area contributed by atoms with Gasteiger partial charge in [-0.2, -0.15) is 5.01 Å². The number of carbonyl (C=O) groups excluding carboxylic acids is 1. The first-order valence-corrected chi connectivity index (χ1v) is 5.19. The third-order valence-electron chi connectivity index (χ3n) is 1.81. The summed E-state index contributed by atoms with van der Waals surface area (Å²) >= 11 is 5.39. The quantitative estimate of drug-likeness (QED) is 0.453. The van der Waals surface area contributed by atoms with Gasteiger partial charge in [0.15, 0.2) is 0 Å². The summed E-state index contributed by atoms with van der Waals surface area (Å²) < 4.78 is 4.87. The number of halogens is 1. The Hall–Kier alpha value is -1.62. The number of benzene rings is 1. The van der Waals surface area contributed by atoms with E-state index in [0.29, 0.717) is 5.01 Å². The van der Waals surface area contributed by atoms with Crippen LogP contribution in [-0.4, -0.2) is 23.5 Å². The van der Waals surface area contributed by atoms with Gasteiger partial charge in [-0.1, -0.05) is 30.3 Å². The monoisotopic (exact) mass is 242 g/mol. The number of alkyl halides is 1. The highest BCUT2D eigenvalue weighted by Gasteiger charge is 2.14. The summed E-state index contributed by atoms with van der Waals surface area (Å²) in [6.45, 7) is 0.145. The summed E-state index contributed by atoms with van der Waals surface area (Å²) in [4.78, 5) is 21.6. The van der Waals surface area contributed by atoms with Gasteiger partial charge in [-0.25, -0.2) is 4.79 Å². The Morgan fingerprint density at radius 2 is 2.06 bits per heavy atom. The fourth-order valence-electron chi connectivity index (χ4n) is 1.04. The summed E-state index contributed by atoms with van der Waals surface area (Å²) in [6, 6.07) is 9.15. The molecule has 0 saturated carbocycles. The van der Waals surface area contributed by atoms with Crippen LogP contribution < -0.4 is 0 Å². The maximum atomic E-state index is 11.3. The third kappa shape index (κ3) is 3.86. The molecular formula is C10H11ClN2O3. The van der Waals surface area contributed by atoms with Gasteiger partial charge in [-0.15, -0.1) is 16.5 Å². The average Bonchev–Trinajstić information content (AvgIpc) is 2.34. The first kappa shape index (κ1) is 12.4. The van der Waals surface area contributed by atoms with Crippen LogP contribution in [0.2, 0.25) is 0 Å². The number of amides is 1. The molecule has 0 radical (unpaired) electrons. The van der Waals surface area contributed by atoms with Crippen LogP contribution in [0.4, 0.5) is 4.79 Å². The maximum absolute atomic E-state index is 11.3. The van der Waals surface area contributed by atoms with Gasteiger partial charge in [0.1, 0.15) is 6.61 Å². The van der Waals surface area contributed by atoms with Crippen LogP contribution in [-0.2, 0) is 11.3 Å². The predicted octanol–water partition coefficient (Wildman–Crippen LogP) is 2.55. The van der Waals surface area contributed by atoms with Crippen LogP contribution in [0.1, 0.15) is 5.56 Å². The van der Waals surface area contributed by atoms with Crippen LogP contribution >= 0.6 is 11.6 Å². The number of hydrogen-bond donors (Lipinski definition) is 0. The van der Waals surface area contributed by atoms with Crippen LogP contribution in [0.5, 0.6) is 0 Å². The Morgan fingerprint density at radius 3 is 2.62 bits per heavy atom. The molecule has 0 unspecified atom stereocenters. The number of carbonyl (C=O) groups is 1. The first-order chi connectivity index (χ1) is 7.77. The molecule has 0 aliphatic heterocycles. The summed E-state index contributed by atoms with van der Waals surface area (Å²) in [5, 5.41) is 3.16. The first-order valence-electron chi connectivity index (χ1n) is 4.65. The van der Waals surface area contributed by atoms with Gasteiger partial charge in [0.25, 0.3) is 0 Å². The van der Waals surface area contributed by atoms with Gasteiger partial charge < -0.3 is 4.74 Å². The summed E-state index contributed by atoms with van der Waals surface area (Å²) in [7, 11) is 0. The molecule has 0 aromatic heterocycles. The topological polar surface area (TPSA) is 59.0 Å². The van der Waals surface area contributed by atoms with Crippen molar-refractivity contribution < 1.29 is 9.53 Å². The van der Waals surface area contributed by atoms with Gasteiger partial charge in [0.05, 0.1) is 11.8 Å². The molecule has 1 aromatic carbocycles. The minimum Gasteiger partial charge on any atom is -0.443 e. The highest BCUT2D eigenvalue weighted by Crippen LogP contribution is 2.03. The molecule has 1 amide bonds. The average molecular weight is 243 g/mol. The highest BCUT2D eigenvalue weighted by molar-refractivity contribution is 6.18. The SMILES string of the molecule is O=NN(CCCl)C(=O)OCc1ccccc1. The molecule has 0 heterocycles.